The maximum absolute atomic E-state index is 13.2. The number of fused-ring (bicyclic) bond motifs is 1. The van der Waals surface area contributed by atoms with Crippen LogP contribution in [0.25, 0.3) is 10.8 Å². The lowest BCUT2D eigenvalue weighted by Gasteiger charge is -2.12. The van der Waals surface area contributed by atoms with Crippen LogP contribution in [0.1, 0.15) is 16.1 Å². The second-order valence-corrected chi connectivity index (χ2v) is 7.73. The van der Waals surface area contributed by atoms with Gasteiger partial charge < -0.3 is 0 Å². The van der Waals surface area contributed by atoms with E-state index in [2.05, 4.69) is 14.7 Å². The molecule has 0 amide bonds. The van der Waals surface area contributed by atoms with Gasteiger partial charge in [-0.05, 0) is 41.8 Å². The third-order valence-electron chi connectivity index (χ3n) is 4.25. The zero-order chi connectivity index (χ0) is 19.6. The fourth-order valence-corrected chi connectivity index (χ4v) is 3.99. The Morgan fingerprint density at radius 3 is 2.39 bits per heavy atom. The molecular formula is C21H15N3O3S. The Kier molecular flexibility index (Phi) is 4.58. The van der Waals surface area contributed by atoms with Gasteiger partial charge >= 0.3 is 0 Å². The van der Waals surface area contributed by atoms with E-state index in [9.17, 15) is 13.2 Å². The largest absolute Gasteiger partial charge is 0.287 e. The number of benzene rings is 2. The number of pyridine rings is 2. The highest BCUT2D eigenvalue weighted by molar-refractivity contribution is 7.92. The summed E-state index contributed by atoms with van der Waals surface area (Å²) >= 11 is 0. The van der Waals surface area contributed by atoms with Crippen LogP contribution in [0.3, 0.4) is 0 Å². The van der Waals surface area contributed by atoms with E-state index in [4.69, 9.17) is 0 Å². The number of carbonyl (C=O) groups excluding carboxylic acids is 1. The van der Waals surface area contributed by atoms with Crippen LogP contribution >= 0.6 is 0 Å². The molecule has 0 fully saturated rings. The van der Waals surface area contributed by atoms with E-state index in [-0.39, 0.29) is 27.6 Å². The Bertz CT molecular complexity index is 1270. The number of nitrogens with zero attached hydrogens (tertiary/aromatic N) is 2. The molecule has 0 saturated heterocycles. The minimum Gasteiger partial charge on any atom is -0.287 e. The minimum atomic E-state index is -3.83. The lowest BCUT2D eigenvalue weighted by molar-refractivity contribution is 0.103. The first-order valence-electron chi connectivity index (χ1n) is 8.46. The van der Waals surface area contributed by atoms with E-state index in [1.165, 1.54) is 12.1 Å². The van der Waals surface area contributed by atoms with Crippen molar-refractivity contribution in [3.05, 3.63) is 96.6 Å². The average molecular weight is 389 g/mol. The number of para-hydroxylation sites is 1. The average Bonchev–Trinajstić information content (AvgIpc) is 2.73. The molecule has 0 unspecified atom stereocenters. The highest BCUT2D eigenvalue weighted by Gasteiger charge is 2.21. The third kappa shape index (κ3) is 3.35. The van der Waals surface area contributed by atoms with Gasteiger partial charge in [-0.2, -0.15) is 0 Å². The van der Waals surface area contributed by atoms with E-state index in [1.807, 2.05) is 0 Å². The first kappa shape index (κ1) is 17.8. The maximum Gasteiger partial charge on any atom is 0.261 e. The molecule has 0 bridgehead atoms. The number of carbonyl (C=O) groups is 1. The van der Waals surface area contributed by atoms with Crippen LogP contribution < -0.4 is 4.72 Å². The summed E-state index contributed by atoms with van der Waals surface area (Å²) in [5.41, 5.74) is 0.627. The Morgan fingerprint density at radius 1 is 0.857 bits per heavy atom. The van der Waals surface area contributed by atoms with Crippen molar-refractivity contribution in [2.75, 3.05) is 4.72 Å². The summed E-state index contributed by atoms with van der Waals surface area (Å²) in [6, 6.07) is 18.0. The molecule has 0 spiro atoms. The highest BCUT2D eigenvalue weighted by Crippen LogP contribution is 2.25. The van der Waals surface area contributed by atoms with Gasteiger partial charge in [-0.15, -0.1) is 0 Å². The van der Waals surface area contributed by atoms with Crippen LogP contribution in [0, 0.1) is 0 Å². The molecule has 2 aromatic carbocycles. The van der Waals surface area contributed by atoms with Crippen LogP contribution in [-0.2, 0) is 10.0 Å². The first-order chi connectivity index (χ1) is 13.6. The second-order valence-electron chi connectivity index (χ2n) is 6.05. The van der Waals surface area contributed by atoms with Crippen LogP contribution in [0.5, 0.6) is 0 Å². The summed E-state index contributed by atoms with van der Waals surface area (Å²) in [5, 5.41) is 1.44. The van der Waals surface area contributed by atoms with E-state index in [0.29, 0.717) is 5.39 Å². The van der Waals surface area contributed by atoms with E-state index in [1.54, 1.807) is 73.2 Å². The molecule has 0 atom stereocenters. The number of nitrogens with one attached hydrogen (secondary N) is 1. The van der Waals surface area contributed by atoms with Gasteiger partial charge in [0.25, 0.3) is 10.0 Å². The Morgan fingerprint density at radius 2 is 1.57 bits per heavy atom. The summed E-state index contributed by atoms with van der Waals surface area (Å²) in [4.78, 5) is 21.6. The molecule has 138 valence electrons. The van der Waals surface area contributed by atoms with Crippen LogP contribution in [0.4, 0.5) is 5.69 Å². The summed E-state index contributed by atoms with van der Waals surface area (Å²) in [6.07, 6.45) is 4.76. The van der Waals surface area contributed by atoms with Crippen LogP contribution in [0.2, 0.25) is 0 Å². The summed E-state index contributed by atoms with van der Waals surface area (Å²) < 4.78 is 27.9. The normalized spacial score (nSPS) is 11.3. The molecule has 0 saturated carbocycles. The van der Waals surface area contributed by atoms with Crippen LogP contribution in [-0.4, -0.2) is 24.2 Å². The SMILES string of the molecule is O=C(c1ccccc1NS(=O)(=O)c1ccccc1)c1nccc2ccncc12. The number of rotatable bonds is 5. The number of aromatic nitrogens is 2. The van der Waals surface area contributed by atoms with Gasteiger partial charge in [0.2, 0.25) is 5.78 Å². The number of hydrogen-bond acceptors (Lipinski definition) is 5. The van der Waals surface area contributed by atoms with Crippen molar-refractivity contribution in [3.8, 4) is 0 Å². The van der Waals surface area contributed by atoms with Crippen molar-refractivity contribution in [1.29, 1.82) is 0 Å². The molecule has 1 N–H and O–H groups in total. The molecule has 4 rings (SSSR count). The second kappa shape index (κ2) is 7.21. The Labute approximate surface area is 162 Å². The lowest BCUT2D eigenvalue weighted by Crippen LogP contribution is -2.16. The number of anilines is 1. The lowest BCUT2D eigenvalue weighted by atomic mass is 10.0. The number of ketones is 1. The van der Waals surface area contributed by atoms with E-state index < -0.39 is 10.0 Å². The van der Waals surface area contributed by atoms with Gasteiger partial charge in [-0.1, -0.05) is 30.3 Å². The van der Waals surface area contributed by atoms with Gasteiger partial charge in [0.1, 0.15) is 5.69 Å². The zero-order valence-electron chi connectivity index (χ0n) is 14.6. The van der Waals surface area contributed by atoms with Crippen molar-refractivity contribution in [2.24, 2.45) is 0 Å². The summed E-state index contributed by atoms with van der Waals surface area (Å²) in [5.74, 6) is -0.384. The highest BCUT2D eigenvalue weighted by atomic mass is 32.2. The van der Waals surface area contributed by atoms with Gasteiger partial charge in [0, 0.05) is 29.5 Å². The van der Waals surface area contributed by atoms with Gasteiger partial charge in [-0.3, -0.25) is 19.5 Å². The van der Waals surface area contributed by atoms with E-state index >= 15 is 0 Å². The predicted molar refractivity (Wildman–Crippen MR) is 107 cm³/mol. The zero-order valence-corrected chi connectivity index (χ0v) is 15.4. The third-order valence-corrected chi connectivity index (χ3v) is 5.63. The van der Waals surface area contributed by atoms with Crippen molar-refractivity contribution >= 4 is 32.3 Å². The van der Waals surface area contributed by atoms with Crippen molar-refractivity contribution in [1.82, 2.24) is 9.97 Å². The molecule has 2 heterocycles. The summed E-state index contributed by atoms with van der Waals surface area (Å²) in [6.45, 7) is 0. The fraction of sp³-hybridized carbons (Fsp3) is 0. The first-order valence-corrected chi connectivity index (χ1v) is 9.95. The quantitative estimate of drug-likeness (QED) is 0.526. The molecule has 4 aromatic rings. The summed E-state index contributed by atoms with van der Waals surface area (Å²) in [7, 11) is -3.83. The molecule has 2 aromatic heterocycles. The molecule has 7 heteroatoms. The van der Waals surface area contributed by atoms with Crippen molar-refractivity contribution < 1.29 is 13.2 Å². The van der Waals surface area contributed by atoms with Gasteiger partial charge in [0.05, 0.1) is 10.6 Å². The number of hydrogen-bond donors (Lipinski definition) is 1. The smallest absolute Gasteiger partial charge is 0.261 e. The molecule has 0 aliphatic rings. The minimum absolute atomic E-state index is 0.115. The molecule has 6 nitrogen and oxygen atoms in total. The van der Waals surface area contributed by atoms with E-state index in [0.717, 1.165) is 5.39 Å². The monoisotopic (exact) mass is 389 g/mol. The predicted octanol–water partition coefficient (Wildman–Crippen LogP) is 3.66. The van der Waals surface area contributed by atoms with Gasteiger partial charge in [-0.25, -0.2) is 8.42 Å². The number of sulfonamides is 1. The molecule has 0 radical (unpaired) electrons. The Balaban J connectivity index is 1.77. The fourth-order valence-electron chi connectivity index (χ4n) is 2.89. The van der Waals surface area contributed by atoms with Crippen LogP contribution in [0.15, 0.2) is 90.2 Å². The standard InChI is InChI=1S/C21H15N3O3S/c25-21(20-18-14-22-12-10-15(18)11-13-23-20)17-8-4-5-9-19(17)24-28(26,27)16-6-2-1-3-7-16/h1-14,24H. The Hall–Kier alpha value is -3.58. The molecule has 0 aliphatic carbocycles. The molecular weight excluding hydrogens is 374 g/mol. The maximum atomic E-state index is 13.2. The topological polar surface area (TPSA) is 89.0 Å². The van der Waals surface area contributed by atoms with Crippen molar-refractivity contribution in [3.63, 3.8) is 0 Å². The molecule has 0 aliphatic heterocycles. The molecule has 28 heavy (non-hydrogen) atoms. The van der Waals surface area contributed by atoms with Crippen molar-refractivity contribution in [2.45, 2.75) is 4.90 Å². The van der Waals surface area contributed by atoms with Gasteiger partial charge in [0.15, 0.2) is 0 Å².